The van der Waals surface area contributed by atoms with Crippen molar-refractivity contribution in [3.05, 3.63) is 47.5 Å². The molecule has 2 fully saturated rings. The molecule has 1 saturated carbocycles. The Balaban J connectivity index is 1.64. The smallest absolute Gasteiger partial charge is 0.338 e. The summed E-state index contributed by atoms with van der Waals surface area (Å²) in [5, 5.41) is 9.75. The SMILES string of the molecule is O=C1OC(CO)(COC(=O)c2ccccc2)C/C1=C/C1CCCCC1. The summed E-state index contributed by atoms with van der Waals surface area (Å²) in [7, 11) is 0. The molecule has 1 N–H and O–H groups in total. The van der Waals surface area contributed by atoms with Crippen LogP contribution in [0.5, 0.6) is 0 Å². The number of aliphatic hydroxyl groups is 1. The van der Waals surface area contributed by atoms with E-state index in [0.29, 0.717) is 17.1 Å². The fourth-order valence-electron chi connectivity index (χ4n) is 3.50. The normalized spacial score (nSPS) is 25.8. The Bertz CT molecular complexity index is 645. The number of allylic oxidation sites excluding steroid dienone is 1. The average Bonchev–Trinajstić information content (AvgIpc) is 2.97. The second-order valence-corrected chi connectivity index (χ2v) is 6.94. The van der Waals surface area contributed by atoms with E-state index < -0.39 is 17.5 Å². The molecule has 2 aliphatic rings. The van der Waals surface area contributed by atoms with E-state index in [1.165, 1.54) is 19.3 Å². The summed E-state index contributed by atoms with van der Waals surface area (Å²) in [6.45, 7) is -0.520. The number of carbonyl (C=O) groups is 2. The van der Waals surface area contributed by atoms with E-state index >= 15 is 0 Å². The van der Waals surface area contributed by atoms with Gasteiger partial charge >= 0.3 is 11.9 Å². The van der Waals surface area contributed by atoms with Crippen molar-refractivity contribution in [3.8, 4) is 0 Å². The predicted molar refractivity (Wildman–Crippen MR) is 91.9 cm³/mol. The second kappa shape index (κ2) is 7.83. The van der Waals surface area contributed by atoms with Gasteiger partial charge in [0.05, 0.1) is 12.2 Å². The van der Waals surface area contributed by atoms with Crippen LogP contribution < -0.4 is 0 Å². The lowest BCUT2D eigenvalue weighted by atomic mass is 9.86. The molecule has 0 spiro atoms. The summed E-state index contributed by atoms with van der Waals surface area (Å²) >= 11 is 0. The number of hydrogen-bond acceptors (Lipinski definition) is 5. The van der Waals surface area contributed by atoms with Crippen LogP contribution in [0.3, 0.4) is 0 Å². The number of esters is 2. The lowest BCUT2D eigenvalue weighted by molar-refractivity contribution is -0.154. The van der Waals surface area contributed by atoms with Crippen molar-refractivity contribution in [3.63, 3.8) is 0 Å². The van der Waals surface area contributed by atoms with Gasteiger partial charge in [0.25, 0.3) is 0 Å². The molecule has 1 aliphatic carbocycles. The standard InChI is InChI=1S/C20H24O5/c21-13-20(14-24-18(22)16-9-5-2-6-10-16)12-17(19(23)25-20)11-15-7-3-1-4-8-15/h2,5-6,9-11,15,21H,1,3-4,7-8,12-14H2/b17-11-. The molecule has 1 saturated heterocycles. The van der Waals surface area contributed by atoms with Gasteiger partial charge in [0.2, 0.25) is 0 Å². The number of cyclic esters (lactones) is 1. The third kappa shape index (κ3) is 4.28. The summed E-state index contributed by atoms with van der Waals surface area (Å²) in [6, 6.07) is 8.62. The maximum Gasteiger partial charge on any atom is 0.338 e. The molecule has 1 aliphatic heterocycles. The van der Waals surface area contributed by atoms with E-state index in [-0.39, 0.29) is 19.6 Å². The van der Waals surface area contributed by atoms with Crippen molar-refractivity contribution in [2.24, 2.45) is 5.92 Å². The fourth-order valence-corrected chi connectivity index (χ4v) is 3.50. The van der Waals surface area contributed by atoms with Crippen molar-refractivity contribution in [1.29, 1.82) is 0 Å². The molecule has 0 radical (unpaired) electrons. The van der Waals surface area contributed by atoms with Crippen molar-refractivity contribution in [1.82, 2.24) is 0 Å². The highest BCUT2D eigenvalue weighted by Gasteiger charge is 2.44. The van der Waals surface area contributed by atoms with E-state index in [1.807, 2.05) is 12.1 Å². The van der Waals surface area contributed by atoms with Crippen LogP contribution in [0.2, 0.25) is 0 Å². The number of aliphatic hydroxyl groups excluding tert-OH is 1. The highest BCUT2D eigenvalue weighted by atomic mass is 16.6. The number of carbonyl (C=O) groups excluding carboxylic acids is 2. The Morgan fingerprint density at radius 1 is 1.24 bits per heavy atom. The van der Waals surface area contributed by atoms with Gasteiger partial charge < -0.3 is 14.6 Å². The lowest BCUT2D eigenvalue weighted by Crippen LogP contribution is -2.39. The quantitative estimate of drug-likeness (QED) is 0.656. The summed E-state index contributed by atoms with van der Waals surface area (Å²) in [4.78, 5) is 24.3. The molecule has 134 valence electrons. The zero-order valence-corrected chi connectivity index (χ0v) is 14.3. The van der Waals surface area contributed by atoms with E-state index in [9.17, 15) is 14.7 Å². The molecule has 3 rings (SSSR count). The van der Waals surface area contributed by atoms with Crippen LogP contribution in [0.4, 0.5) is 0 Å². The topological polar surface area (TPSA) is 72.8 Å². The molecule has 1 atom stereocenters. The Kier molecular flexibility index (Phi) is 5.53. The van der Waals surface area contributed by atoms with Crippen LogP contribution >= 0.6 is 0 Å². The first-order chi connectivity index (χ1) is 12.1. The molecule has 1 heterocycles. The van der Waals surface area contributed by atoms with E-state index in [4.69, 9.17) is 9.47 Å². The summed E-state index contributed by atoms with van der Waals surface area (Å²) < 4.78 is 10.7. The van der Waals surface area contributed by atoms with Gasteiger partial charge in [-0.15, -0.1) is 0 Å². The maximum absolute atomic E-state index is 12.2. The van der Waals surface area contributed by atoms with Crippen LogP contribution in [0.25, 0.3) is 0 Å². The van der Waals surface area contributed by atoms with Crippen LogP contribution in [0, 0.1) is 5.92 Å². The predicted octanol–water partition coefficient (Wildman–Crippen LogP) is 3.03. The Labute approximate surface area is 147 Å². The lowest BCUT2D eigenvalue weighted by Gasteiger charge is -2.24. The molecule has 5 nitrogen and oxygen atoms in total. The number of hydrogen-bond donors (Lipinski definition) is 1. The van der Waals surface area contributed by atoms with Crippen molar-refractivity contribution in [2.45, 2.75) is 44.1 Å². The van der Waals surface area contributed by atoms with Crippen molar-refractivity contribution < 1.29 is 24.2 Å². The monoisotopic (exact) mass is 344 g/mol. The van der Waals surface area contributed by atoms with Crippen molar-refractivity contribution in [2.75, 3.05) is 13.2 Å². The molecule has 1 aromatic rings. The van der Waals surface area contributed by atoms with Crippen LogP contribution in [0.1, 0.15) is 48.9 Å². The average molecular weight is 344 g/mol. The molecular weight excluding hydrogens is 320 g/mol. The Hall–Kier alpha value is -2.14. The van der Waals surface area contributed by atoms with Gasteiger partial charge in [0.1, 0.15) is 6.61 Å². The summed E-state index contributed by atoms with van der Waals surface area (Å²) in [5.74, 6) is -0.498. The van der Waals surface area contributed by atoms with Gasteiger partial charge in [-0.1, -0.05) is 43.5 Å². The third-order valence-electron chi connectivity index (χ3n) is 4.93. The number of rotatable bonds is 5. The van der Waals surface area contributed by atoms with Gasteiger partial charge in [-0.2, -0.15) is 0 Å². The zero-order valence-electron chi connectivity index (χ0n) is 14.3. The molecule has 0 amide bonds. The third-order valence-corrected chi connectivity index (χ3v) is 4.93. The molecule has 5 heteroatoms. The second-order valence-electron chi connectivity index (χ2n) is 6.94. The Morgan fingerprint density at radius 3 is 2.64 bits per heavy atom. The summed E-state index contributed by atoms with van der Waals surface area (Å²) in [6.07, 6.45) is 8.07. The van der Waals surface area contributed by atoms with Gasteiger partial charge in [0, 0.05) is 12.0 Å². The van der Waals surface area contributed by atoms with Gasteiger partial charge in [0.15, 0.2) is 5.60 Å². The molecule has 0 aromatic heterocycles. The number of benzene rings is 1. The minimum Gasteiger partial charge on any atom is -0.458 e. The van der Waals surface area contributed by atoms with E-state index in [0.717, 1.165) is 12.8 Å². The van der Waals surface area contributed by atoms with Crippen LogP contribution in [0.15, 0.2) is 42.0 Å². The minimum absolute atomic E-state index is 0.148. The van der Waals surface area contributed by atoms with Gasteiger partial charge in [-0.25, -0.2) is 9.59 Å². The fraction of sp³-hybridized carbons (Fsp3) is 0.500. The first-order valence-electron chi connectivity index (χ1n) is 8.89. The highest BCUT2D eigenvalue weighted by molar-refractivity contribution is 5.92. The Morgan fingerprint density at radius 2 is 1.96 bits per heavy atom. The van der Waals surface area contributed by atoms with Crippen LogP contribution in [-0.4, -0.2) is 35.9 Å². The number of ether oxygens (including phenoxy) is 2. The first-order valence-corrected chi connectivity index (χ1v) is 8.89. The summed E-state index contributed by atoms with van der Waals surface area (Å²) in [5.41, 5.74) is -0.142. The van der Waals surface area contributed by atoms with Gasteiger partial charge in [-0.05, 0) is 30.9 Å². The molecular formula is C20H24O5. The molecule has 1 unspecified atom stereocenters. The first kappa shape index (κ1) is 17.7. The van der Waals surface area contributed by atoms with E-state index in [2.05, 4.69) is 0 Å². The molecule has 0 bridgehead atoms. The minimum atomic E-state index is -1.16. The molecule has 1 aromatic carbocycles. The van der Waals surface area contributed by atoms with E-state index in [1.54, 1.807) is 24.3 Å². The molecule has 25 heavy (non-hydrogen) atoms. The highest BCUT2D eigenvalue weighted by Crippen LogP contribution is 2.34. The van der Waals surface area contributed by atoms with Crippen molar-refractivity contribution >= 4 is 11.9 Å². The van der Waals surface area contributed by atoms with Crippen LogP contribution in [-0.2, 0) is 14.3 Å². The van der Waals surface area contributed by atoms with Gasteiger partial charge in [-0.3, -0.25) is 0 Å². The largest absolute Gasteiger partial charge is 0.458 e. The maximum atomic E-state index is 12.2. The zero-order chi connectivity index (χ0) is 17.7.